The molecule has 27 heavy (non-hydrogen) atoms. The molecule has 0 unspecified atom stereocenters. The van der Waals surface area contributed by atoms with Crippen molar-refractivity contribution in [2.75, 3.05) is 18.6 Å². The van der Waals surface area contributed by atoms with E-state index in [1.54, 1.807) is 12.3 Å². The number of sulfonamides is 1. The van der Waals surface area contributed by atoms with Crippen LogP contribution in [-0.4, -0.2) is 47.0 Å². The summed E-state index contributed by atoms with van der Waals surface area (Å²) < 4.78 is 25.7. The minimum absolute atomic E-state index is 0.0311. The Morgan fingerprint density at radius 3 is 2.63 bits per heavy atom. The van der Waals surface area contributed by atoms with E-state index in [4.69, 9.17) is 10.8 Å². The molecule has 0 atom stereocenters. The third kappa shape index (κ3) is 6.89. The largest absolute Gasteiger partial charge is 0.396 e. The van der Waals surface area contributed by atoms with E-state index < -0.39 is 10.0 Å². The van der Waals surface area contributed by atoms with Gasteiger partial charge in [0.05, 0.1) is 6.26 Å². The normalized spacial score (nSPS) is 15.3. The standard InChI is InChI=1S/C10H12N4O2.C7H15NO2S/c11-10-12-6-7-2-3-8(16)14(4-1-5-15)9(7)13-10;1-11(9,10)8-7-5-3-2-4-6-7/h2-3,6,15H,1,4-5H2,(H2,11,12,13);7-8H,2-6H2,1H3. The molecule has 0 spiro atoms. The smallest absolute Gasteiger partial charge is 0.252 e. The molecule has 1 aliphatic carbocycles. The highest BCUT2D eigenvalue weighted by atomic mass is 32.2. The molecule has 0 amide bonds. The fraction of sp³-hybridized carbons (Fsp3) is 0.588. The minimum Gasteiger partial charge on any atom is -0.396 e. The molecule has 1 aliphatic rings. The van der Waals surface area contributed by atoms with Crippen LogP contribution in [0.5, 0.6) is 0 Å². The zero-order chi connectivity index (χ0) is 19.9. The molecule has 0 aliphatic heterocycles. The second-order valence-electron chi connectivity index (χ2n) is 6.63. The van der Waals surface area contributed by atoms with Crippen molar-refractivity contribution in [3.05, 3.63) is 28.7 Å². The van der Waals surface area contributed by atoms with Crippen LogP contribution in [0.25, 0.3) is 11.0 Å². The molecule has 150 valence electrons. The molecule has 0 aromatic carbocycles. The van der Waals surface area contributed by atoms with Gasteiger partial charge in [-0.2, -0.15) is 4.98 Å². The number of hydrogen-bond acceptors (Lipinski definition) is 7. The first-order valence-corrected chi connectivity index (χ1v) is 10.9. The Hall–Kier alpha value is -2.04. The summed E-state index contributed by atoms with van der Waals surface area (Å²) >= 11 is 0. The average molecular weight is 398 g/mol. The number of aromatic nitrogens is 3. The molecule has 2 aromatic rings. The summed E-state index contributed by atoms with van der Waals surface area (Å²) in [4.78, 5) is 19.5. The highest BCUT2D eigenvalue weighted by Crippen LogP contribution is 2.17. The van der Waals surface area contributed by atoms with Crippen LogP contribution in [0.3, 0.4) is 0 Å². The highest BCUT2D eigenvalue weighted by Gasteiger charge is 2.16. The molecule has 0 saturated heterocycles. The zero-order valence-electron chi connectivity index (χ0n) is 15.5. The van der Waals surface area contributed by atoms with E-state index in [0.717, 1.165) is 31.1 Å². The number of pyridine rings is 1. The number of aliphatic hydroxyl groups excluding tert-OH is 1. The molecule has 1 saturated carbocycles. The second kappa shape index (κ2) is 9.77. The van der Waals surface area contributed by atoms with Gasteiger partial charge in [0, 0.05) is 36.8 Å². The summed E-state index contributed by atoms with van der Waals surface area (Å²) in [5, 5.41) is 9.53. The number of nitrogen functional groups attached to an aromatic ring is 1. The number of hydrogen-bond donors (Lipinski definition) is 3. The Labute approximate surface area is 158 Å². The van der Waals surface area contributed by atoms with Crippen LogP contribution >= 0.6 is 0 Å². The van der Waals surface area contributed by atoms with Gasteiger partial charge in [0.2, 0.25) is 16.0 Å². The summed E-state index contributed by atoms with van der Waals surface area (Å²) in [5.41, 5.74) is 5.84. The number of nitrogens with one attached hydrogen (secondary N) is 1. The van der Waals surface area contributed by atoms with Gasteiger partial charge in [0.25, 0.3) is 5.56 Å². The van der Waals surface area contributed by atoms with E-state index >= 15 is 0 Å². The number of aryl methyl sites for hydroxylation is 1. The number of rotatable bonds is 5. The maximum atomic E-state index is 11.6. The minimum atomic E-state index is -2.97. The van der Waals surface area contributed by atoms with Crippen LogP contribution in [0.4, 0.5) is 5.95 Å². The lowest BCUT2D eigenvalue weighted by Crippen LogP contribution is -2.35. The van der Waals surface area contributed by atoms with Crippen LogP contribution in [0, 0.1) is 0 Å². The Morgan fingerprint density at radius 1 is 1.30 bits per heavy atom. The first-order chi connectivity index (χ1) is 12.8. The molecule has 0 radical (unpaired) electrons. The van der Waals surface area contributed by atoms with Crippen LogP contribution in [-0.2, 0) is 16.6 Å². The maximum Gasteiger partial charge on any atom is 0.252 e. The van der Waals surface area contributed by atoms with Gasteiger partial charge in [-0.25, -0.2) is 18.1 Å². The number of anilines is 1. The van der Waals surface area contributed by atoms with Crippen molar-refractivity contribution in [1.29, 1.82) is 0 Å². The Kier molecular flexibility index (Phi) is 7.69. The summed E-state index contributed by atoms with van der Waals surface area (Å²) in [6, 6.07) is 3.32. The Morgan fingerprint density at radius 2 is 2.00 bits per heavy atom. The van der Waals surface area contributed by atoms with Gasteiger partial charge < -0.3 is 10.8 Å². The summed E-state index contributed by atoms with van der Waals surface area (Å²) in [7, 11) is -2.97. The highest BCUT2D eigenvalue weighted by molar-refractivity contribution is 7.88. The lowest BCUT2D eigenvalue weighted by Gasteiger charge is -2.21. The zero-order valence-corrected chi connectivity index (χ0v) is 16.3. The van der Waals surface area contributed by atoms with Crippen molar-refractivity contribution >= 4 is 27.0 Å². The summed E-state index contributed by atoms with van der Waals surface area (Å²) in [6.07, 6.45) is 8.89. The third-order valence-corrected chi connectivity index (χ3v) is 5.03. The molecule has 9 nitrogen and oxygen atoms in total. The first kappa shape index (κ1) is 21.3. The van der Waals surface area contributed by atoms with E-state index in [1.165, 1.54) is 23.3 Å². The molecule has 4 N–H and O–H groups in total. The summed E-state index contributed by atoms with van der Waals surface area (Å²) in [5.74, 6) is 0.135. The van der Waals surface area contributed by atoms with Gasteiger partial charge >= 0.3 is 0 Å². The van der Waals surface area contributed by atoms with Crippen molar-refractivity contribution < 1.29 is 13.5 Å². The van der Waals surface area contributed by atoms with Crippen LogP contribution in [0.1, 0.15) is 38.5 Å². The predicted octanol–water partition coefficient (Wildman–Crippen LogP) is 0.624. The molecular formula is C17H27N5O4S. The van der Waals surface area contributed by atoms with Gasteiger partial charge in [-0.05, 0) is 25.3 Å². The molecule has 2 heterocycles. The monoisotopic (exact) mass is 397 g/mol. The molecule has 1 fully saturated rings. The SMILES string of the molecule is CS(=O)(=O)NC1CCCCC1.Nc1ncc2ccc(=O)n(CCCO)c2n1. The average Bonchev–Trinajstić information content (AvgIpc) is 2.61. The molecular weight excluding hydrogens is 370 g/mol. The van der Waals surface area contributed by atoms with E-state index in [9.17, 15) is 13.2 Å². The number of fused-ring (bicyclic) bond motifs is 1. The van der Waals surface area contributed by atoms with Gasteiger partial charge in [0.15, 0.2) is 0 Å². The number of nitrogens with zero attached hydrogens (tertiary/aromatic N) is 3. The molecule has 10 heteroatoms. The summed E-state index contributed by atoms with van der Waals surface area (Å²) in [6.45, 7) is 0.451. The fourth-order valence-electron chi connectivity index (χ4n) is 3.05. The van der Waals surface area contributed by atoms with Crippen molar-refractivity contribution in [1.82, 2.24) is 19.3 Å². The van der Waals surface area contributed by atoms with E-state index in [2.05, 4.69) is 14.7 Å². The fourth-order valence-corrected chi connectivity index (χ4v) is 3.89. The van der Waals surface area contributed by atoms with E-state index in [-0.39, 0.29) is 24.2 Å². The van der Waals surface area contributed by atoms with Gasteiger partial charge in [-0.15, -0.1) is 0 Å². The van der Waals surface area contributed by atoms with Gasteiger partial charge in [-0.1, -0.05) is 19.3 Å². The lowest BCUT2D eigenvalue weighted by atomic mass is 9.96. The first-order valence-electron chi connectivity index (χ1n) is 9.00. The van der Waals surface area contributed by atoms with Crippen LogP contribution < -0.4 is 16.0 Å². The van der Waals surface area contributed by atoms with Crippen LogP contribution in [0.15, 0.2) is 23.1 Å². The van der Waals surface area contributed by atoms with E-state index in [0.29, 0.717) is 18.6 Å². The topological polar surface area (TPSA) is 140 Å². The third-order valence-electron chi connectivity index (χ3n) is 4.27. The van der Waals surface area contributed by atoms with Gasteiger partial charge in [-0.3, -0.25) is 9.36 Å². The number of aliphatic hydroxyl groups is 1. The van der Waals surface area contributed by atoms with Crippen molar-refractivity contribution in [3.8, 4) is 0 Å². The second-order valence-corrected chi connectivity index (χ2v) is 8.41. The molecule has 0 bridgehead atoms. The van der Waals surface area contributed by atoms with Crippen molar-refractivity contribution in [3.63, 3.8) is 0 Å². The Bertz CT molecular complexity index is 907. The number of nitrogens with two attached hydrogens (primary N) is 1. The lowest BCUT2D eigenvalue weighted by molar-refractivity contribution is 0.280. The van der Waals surface area contributed by atoms with Crippen LogP contribution in [0.2, 0.25) is 0 Å². The predicted molar refractivity (Wildman–Crippen MR) is 105 cm³/mol. The Balaban J connectivity index is 0.000000208. The molecule has 3 rings (SSSR count). The molecule has 2 aromatic heterocycles. The quantitative estimate of drug-likeness (QED) is 0.672. The van der Waals surface area contributed by atoms with Crippen molar-refractivity contribution in [2.45, 2.75) is 51.1 Å². The van der Waals surface area contributed by atoms with E-state index in [1.807, 2.05) is 0 Å². The van der Waals surface area contributed by atoms with Crippen molar-refractivity contribution in [2.24, 2.45) is 0 Å². The maximum absolute atomic E-state index is 11.6. The van der Waals surface area contributed by atoms with Gasteiger partial charge in [0.1, 0.15) is 5.65 Å².